The summed E-state index contributed by atoms with van der Waals surface area (Å²) in [7, 11) is 0. The fraction of sp³-hybridized carbons (Fsp3) is 0.500. The monoisotopic (exact) mass is 258 g/mol. The molecule has 0 radical (unpaired) electrons. The summed E-state index contributed by atoms with van der Waals surface area (Å²) < 4.78 is 1.96. The van der Waals surface area contributed by atoms with Gasteiger partial charge in [-0.15, -0.1) is 0 Å². The van der Waals surface area contributed by atoms with Crippen LogP contribution in [-0.4, -0.2) is 31.7 Å². The summed E-state index contributed by atoms with van der Waals surface area (Å²) >= 11 is 0. The Labute approximate surface area is 112 Å². The quantitative estimate of drug-likeness (QED) is 0.787. The minimum Gasteiger partial charge on any atom is -0.334 e. The number of likely N-dealkylation sites (tertiary alicyclic amines) is 1. The van der Waals surface area contributed by atoms with Crippen molar-refractivity contribution in [3.8, 4) is 0 Å². The molecule has 100 valence electrons. The maximum absolute atomic E-state index is 11.8. The van der Waals surface area contributed by atoms with E-state index in [4.69, 9.17) is 0 Å². The van der Waals surface area contributed by atoms with Crippen molar-refractivity contribution in [1.82, 2.24) is 19.3 Å². The van der Waals surface area contributed by atoms with Crippen molar-refractivity contribution in [1.29, 1.82) is 0 Å². The molecule has 5 nitrogen and oxygen atoms in total. The molecule has 0 bridgehead atoms. The maximum atomic E-state index is 11.8. The Balaban J connectivity index is 2.04. The van der Waals surface area contributed by atoms with Gasteiger partial charge in [0.05, 0.1) is 23.4 Å². The van der Waals surface area contributed by atoms with Crippen molar-refractivity contribution in [2.45, 2.75) is 39.2 Å². The lowest BCUT2D eigenvalue weighted by Crippen LogP contribution is -2.37. The zero-order valence-electron chi connectivity index (χ0n) is 11.3. The van der Waals surface area contributed by atoms with E-state index in [0.29, 0.717) is 0 Å². The highest BCUT2D eigenvalue weighted by molar-refractivity contribution is 5.74. The number of nitrogens with zero attached hydrogens (tertiary/aromatic N) is 4. The molecule has 0 unspecified atom stereocenters. The molecule has 1 amide bonds. The molecule has 0 saturated carbocycles. The lowest BCUT2D eigenvalue weighted by Gasteiger charge is -2.34. The molecule has 1 aliphatic heterocycles. The summed E-state index contributed by atoms with van der Waals surface area (Å²) in [6.45, 7) is 4.45. The Kier molecular flexibility index (Phi) is 2.97. The van der Waals surface area contributed by atoms with Crippen molar-refractivity contribution >= 4 is 11.4 Å². The summed E-state index contributed by atoms with van der Waals surface area (Å²) in [5.74, 6) is 1.05. The molecule has 3 heterocycles. The second-order valence-corrected chi connectivity index (χ2v) is 5.14. The zero-order chi connectivity index (χ0) is 13.4. The van der Waals surface area contributed by atoms with E-state index in [1.165, 1.54) is 0 Å². The van der Waals surface area contributed by atoms with Gasteiger partial charge in [0.25, 0.3) is 0 Å². The third-order valence-corrected chi connectivity index (χ3v) is 3.85. The minimum absolute atomic E-state index is 0.116. The minimum atomic E-state index is 0.116. The molecule has 2 aromatic rings. The summed E-state index contributed by atoms with van der Waals surface area (Å²) in [6.07, 6.45) is 6.84. The van der Waals surface area contributed by atoms with Crippen molar-refractivity contribution in [2.75, 3.05) is 6.54 Å². The highest BCUT2D eigenvalue weighted by Crippen LogP contribution is 2.30. The Morgan fingerprint density at radius 1 is 1.42 bits per heavy atom. The Bertz CT molecular complexity index is 619. The Morgan fingerprint density at radius 3 is 3.05 bits per heavy atom. The van der Waals surface area contributed by atoms with E-state index < -0.39 is 0 Å². The largest absolute Gasteiger partial charge is 0.334 e. The van der Waals surface area contributed by atoms with Crippen LogP contribution < -0.4 is 0 Å². The topological polar surface area (TPSA) is 50.5 Å². The van der Waals surface area contributed by atoms with Crippen LogP contribution in [0.4, 0.5) is 0 Å². The molecule has 2 aromatic heterocycles. The van der Waals surface area contributed by atoms with Crippen LogP contribution in [0.5, 0.6) is 0 Å². The average molecular weight is 258 g/mol. The predicted octanol–water partition coefficient (Wildman–Crippen LogP) is 2.11. The third-order valence-electron chi connectivity index (χ3n) is 3.85. The van der Waals surface area contributed by atoms with Gasteiger partial charge in [0.1, 0.15) is 12.2 Å². The zero-order valence-corrected chi connectivity index (χ0v) is 11.3. The molecule has 0 spiro atoms. The molecule has 1 saturated heterocycles. The Morgan fingerprint density at radius 2 is 2.26 bits per heavy atom. The van der Waals surface area contributed by atoms with Crippen LogP contribution >= 0.6 is 0 Å². The van der Waals surface area contributed by atoms with Gasteiger partial charge in [0, 0.05) is 13.5 Å². The molecule has 19 heavy (non-hydrogen) atoms. The van der Waals surface area contributed by atoms with Gasteiger partial charge < -0.3 is 4.90 Å². The lowest BCUT2D eigenvalue weighted by atomic mass is 9.99. The number of amides is 1. The van der Waals surface area contributed by atoms with E-state index >= 15 is 0 Å². The van der Waals surface area contributed by atoms with Crippen molar-refractivity contribution in [3.05, 3.63) is 30.1 Å². The molecule has 3 rings (SSSR count). The van der Waals surface area contributed by atoms with E-state index in [0.717, 1.165) is 42.8 Å². The van der Waals surface area contributed by atoms with Gasteiger partial charge in [-0.25, -0.2) is 9.97 Å². The molecule has 0 aliphatic carbocycles. The third kappa shape index (κ3) is 2.09. The number of aryl methyl sites for hydroxylation is 1. The van der Waals surface area contributed by atoms with Crippen LogP contribution in [0.15, 0.2) is 18.6 Å². The molecular weight excluding hydrogens is 240 g/mol. The first-order valence-corrected chi connectivity index (χ1v) is 6.73. The van der Waals surface area contributed by atoms with Crippen LogP contribution in [0, 0.1) is 6.92 Å². The molecule has 0 N–H and O–H groups in total. The van der Waals surface area contributed by atoms with E-state index in [9.17, 15) is 4.79 Å². The number of rotatable bonds is 1. The smallest absolute Gasteiger partial charge is 0.220 e. The average Bonchev–Trinajstić information content (AvgIpc) is 2.87. The fourth-order valence-corrected chi connectivity index (χ4v) is 2.89. The second-order valence-electron chi connectivity index (χ2n) is 5.14. The Hall–Kier alpha value is -1.91. The van der Waals surface area contributed by atoms with E-state index in [-0.39, 0.29) is 11.9 Å². The number of imidazole rings is 1. The fourth-order valence-electron chi connectivity index (χ4n) is 2.89. The van der Waals surface area contributed by atoms with Crippen LogP contribution in [0.3, 0.4) is 0 Å². The van der Waals surface area contributed by atoms with Gasteiger partial charge in [-0.05, 0) is 32.3 Å². The van der Waals surface area contributed by atoms with Crippen LogP contribution in [0.25, 0.3) is 5.52 Å². The highest BCUT2D eigenvalue weighted by Gasteiger charge is 2.27. The standard InChI is InChI=1S/C14H18N4O/c1-10-16-13(7-12-8-15-9-18(10)12)14-5-3-4-6-17(14)11(2)19/h7-9,14H,3-6H2,1-2H3/t14-/m1/s1. The first-order chi connectivity index (χ1) is 9.16. The summed E-state index contributed by atoms with van der Waals surface area (Å²) in [4.78, 5) is 22.5. The second kappa shape index (κ2) is 4.64. The van der Waals surface area contributed by atoms with Gasteiger partial charge >= 0.3 is 0 Å². The van der Waals surface area contributed by atoms with E-state index in [2.05, 4.69) is 9.97 Å². The van der Waals surface area contributed by atoms with Gasteiger partial charge in [0.15, 0.2) is 0 Å². The normalized spacial score (nSPS) is 19.9. The predicted molar refractivity (Wildman–Crippen MR) is 71.7 cm³/mol. The molecule has 1 fully saturated rings. The molecular formula is C14H18N4O. The number of carbonyl (C=O) groups excluding carboxylic acids is 1. The number of aromatic nitrogens is 3. The maximum Gasteiger partial charge on any atom is 0.220 e. The summed E-state index contributed by atoms with van der Waals surface area (Å²) in [5.41, 5.74) is 2.02. The number of fused-ring (bicyclic) bond motifs is 1. The van der Waals surface area contributed by atoms with Gasteiger partial charge in [-0.1, -0.05) is 0 Å². The van der Waals surface area contributed by atoms with Crippen molar-refractivity contribution in [3.63, 3.8) is 0 Å². The molecule has 5 heteroatoms. The molecule has 1 aliphatic rings. The van der Waals surface area contributed by atoms with Crippen LogP contribution in [0.2, 0.25) is 0 Å². The number of carbonyl (C=O) groups is 1. The SMILES string of the molecule is CC(=O)N1CCCC[C@@H]1c1cc2cncn2c(C)n1. The van der Waals surface area contributed by atoms with Crippen molar-refractivity contribution in [2.24, 2.45) is 0 Å². The molecule has 0 aromatic carbocycles. The summed E-state index contributed by atoms with van der Waals surface area (Å²) in [5, 5.41) is 0. The van der Waals surface area contributed by atoms with Gasteiger partial charge in [-0.3, -0.25) is 9.20 Å². The molecule has 1 atom stereocenters. The van der Waals surface area contributed by atoms with Gasteiger partial charge in [0.2, 0.25) is 5.91 Å². The number of hydrogen-bond acceptors (Lipinski definition) is 3. The van der Waals surface area contributed by atoms with Crippen molar-refractivity contribution < 1.29 is 4.79 Å². The van der Waals surface area contributed by atoms with E-state index in [1.54, 1.807) is 13.3 Å². The first-order valence-electron chi connectivity index (χ1n) is 6.73. The number of piperidine rings is 1. The van der Waals surface area contributed by atoms with Gasteiger partial charge in [-0.2, -0.15) is 0 Å². The first kappa shape index (κ1) is 12.1. The van der Waals surface area contributed by atoms with Crippen LogP contribution in [0.1, 0.15) is 43.7 Å². The number of hydrogen-bond donors (Lipinski definition) is 0. The lowest BCUT2D eigenvalue weighted by molar-refractivity contribution is -0.132. The van der Waals surface area contributed by atoms with E-state index in [1.807, 2.05) is 28.5 Å². The highest BCUT2D eigenvalue weighted by atomic mass is 16.2. The van der Waals surface area contributed by atoms with Crippen LogP contribution in [-0.2, 0) is 4.79 Å². The summed E-state index contributed by atoms with van der Waals surface area (Å²) in [6, 6.07) is 2.16.